The molecule has 0 radical (unpaired) electrons. The van der Waals surface area contributed by atoms with Gasteiger partial charge in [0.1, 0.15) is 0 Å². The van der Waals surface area contributed by atoms with E-state index in [-0.39, 0.29) is 5.69 Å². The highest BCUT2D eigenvalue weighted by atomic mass is 35.6. The topological polar surface area (TPSA) is 70.8 Å². The molecule has 128 valence electrons. The Morgan fingerprint density at radius 2 is 1.41 bits per heavy atom. The minimum Gasteiger partial charge on any atom is -0.382 e. The van der Waals surface area contributed by atoms with Gasteiger partial charge in [-0.15, -0.1) is 0 Å². The predicted molar refractivity (Wildman–Crippen MR) is 89.0 cm³/mol. The molecule has 0 aromatic heterocycles. The molecule has 0 atom stereocenters. The lowest BCUT2D eigenvalue weighted by atomic mass is 10.3. The van der Waals surface area contributed by atoms with E-state index in [4.69, 9.17) is 49.0 Å². The first-order valence-electron chi connectivity index (χ1n) is 6.13. The second kappa shape index (κ2) is 18.4. The van der Waals surface area contributed by atoms with Gasteiger partial charge in [-0.25, -0.2) is 0 Å². The molecule has 0 bridgehead atoms. The van der Waals surface area contributed by atoms with Crippen LogP contribution in [0.3, 0.4) is 0 Å². The molecule has 1 rings (SSSR count). The molecule has 1 aromatic carbocycles. The number of hydrogen-bond donors (Lipinski definition) is 0. The van der Waals surface area contributed by atoms with Crippen molar-refractivity contribution in [3.63, 3.8) is 0 Å². The van der Waals surface area contributed by atoms with Gasteiger partial charge in [-0.05, 0) is 0 Å². The summed E-state index contributed by atoms with van der Waals surface area (Å²) in [6, 6.07) is 7.93. The first-order valence-corrected chi connectivity index (χ1v) is 7.43. The van der Waals surface area contributed by atoms with E-state index < -0.39 is 9.22 Å². The quantitative estimate of drug-likeness (QED) is 0.312. The second-order valence-electron chi connectivity index (χ2n) is 3.44. The normalized spacial score (nSPS) is 9.36. The lowest BCUT2D eigenvalue weighted by Gasteiger charge is -2.00. The van der Waals surface area contributed by atoms with Gasteiger partial charge in [0.05, 0.1) is 31.4 Å². The van der Waals surface area contributed by atoms with Gasteiger partial charge in [-0.3, -0.25) is 10.1 Å². The Morgan fingerprint density at radius 1 is 1.00 bits per heavy atom. The molecule has 0 saturated heterocycles. The third-order valence-corrected chi connectivity index (χ3v) is 1.83. The second-order valence-corrected chi connectivity index (χ2v) is 5.42. The predicted octanol–water partition coefficient (Wildman–Crippen LogP) is 3.88. The molecular formula is C13H20Cl3NO5. The largest absolute Gasteiger partial charge is 0.382 e. The van der Waals surface area contributed by atoms with Crippen molar-refractivity contribution in [3.8, 4) is 0 Å². The van der Waals surface area contributed by atoms with Crippen molar-refractivity contribution in [2.24, 2.45) is 0 Å². The number of nitrogens with zero attached hydrogens (tertiary/aromatic N) is 1. The van der Waals surface area contributed by atoms with Gasteiger partial charge in [0, 0.05) is 26.4 Å². The Kier molecular flexibility index (Phi) is 19.8. The van der Waals surface area contributed by atoms with Crippen LogP contribution in [0.25, 0.3) is 0 Å². The molecule has 0 heterocycles. The summed E-state index contributed by atoms with van der Waals surface area (Å²) in [5.41, 5.74) is 0.137. The molecular weight excluding hydrogens is 357 g/mol. The van der Waals surface area contributed by atoms with E-state index in [1.165, 1.54) is 12.1 Å². The molecule has 0 aliphatic rings. The maximum absolute atomic E-state index is 10.0. The standard InChI is InChI=1S/C6H5NO2.C6H14O3.CHCl3/c8-7(9)6-4-2-1-3-5-6;1-7-3-5-9-6-4-8-2;2-1(3)4/h1-5H;3-6H2,1-2H3;1H. The molecule has 0 fully saturated rings. The van der Waals surface area contributed by atoms with E-state index in [0.29, 0.717) is 26.4 Å². The Hall–Kier alpha value is -0.630. The number of alkyl halides is 3. The van der Waals surface area contributed by atoms with Gasteiger partial charge in [-0.1, -0.05) is 53.0 Å². The van der Waals surface area contributed by atoms with Crippen LogP contribution in [0, 0.1) is 10.1 Å². The van der Waals surface area contributed by atoms with Crippen LogP contribution in [-0.2, 0) is 14.2 Å². The van der Waals surface area contributed by atoms with Crippen LogP contribution in [-0.4, -0.2) is 49.9 Å². The minimum absolute atomic E-state index is 0.137. The Balaban J connectivity index is 0. The minimum atomic E-state index is -0.750. The number of non-ortho nitro benzene ring substituents is 1. The molecule has 0 unspecified atom stereocenters. The van der Waals surface area contributed by atoms with Crippen LogP contribution in [0.1, 0.15) is 0 Å². The van der Waals surface area contributed by atoms with Crippen molar-refractivity contribution in [2.45, 2.75) is 4.30 Å². The van der Waals surface area contributed by atoms with Crippen LogP contribution in [0.15, 0.2) is 30.3 Å². The highest BCUT2D eigenvalue weighted by molar-refractivity contribution is 6.63. The molecule has 9 heteroatoms. The lowest BCUT2D eigenvalue weighted by Crippen LogP contribution is -2.06. The summed E-state index contributed by atoms with van der Waals surface area (Å²) in [5.74, 6) is 0. The van der Waals surface area contributed by atoms with E-state index in [1.54, 1.807) is 32.4 Å². The molecule has 0 aliphatic heterocycles. The summed E-state index contributed by atoms with van der Waals surface area (Å²) in [5, 5.41) is 10.0. The Bertz CT molecular complexity index is 346. The molecule has 0 N–H and O–H groups in total. The number of methoxy groups -OCH3 is 2. The number of nitro groups is 1. The Labute approximate surface area is 145 Å². The van der Waals surface area contributed by atoms with Crippen LogP contribution in [0.4, 0.5) is 5.69 Å². The molecule has 0 amide bonds. The summed E-state index contributed by atoms with van der Waals surface area (Å²) >= 11 is 14.4. The molecule has 0 aliphatic carbocycles. The lowest BCUT2D eigenvalue weighted by molar-refractivity contribution is -0.384. The first-order chi connectivity index (χ1) is 10.5. The van der Waals surface area contributed by atoms with Crippen molar-refractivity contribution in [2.75, 3.05) is 40.6 Å². The number of halogens is 3. The van der Waals surface area contributed by atoms with E-state index in [1.807, 2.05) is 0 Å². The maximum atomic E-state index is 10.0. The van der Waals surface area contributed by atoms with Crippen LogP contribution < -0.4 is 0 Å². The first kappa shape index (κ1) is 23.6. The number of para-hydroxylation sites is 1. The zero-order valence-electron chi connectivity index (χ0n) is 12.4. The summed E-state index contributed by atoms with van der Waals surface area (Å²) in [4.78, 5) is 9.59. The van der Waals surface area contributed by atoms with Crippen molar-refractivity contribution < 1.29 is 19.1 Å². The Morgan fingerprint density at radius 3 is 1.68 bits per heavy atom. The van der Waals surface area contributed by atoms with Gasteiger partial charge in [0.25, 0.3) is 5.69 Å². The van der Waals surface area contributed by atoms with Gasteiger partial charge < -0.3 is 14.2 Å². The van der Waals surface area contributed by atoms with E-state index in [9.17, 15) is 10.1 Å². The zero-order valence-corrected chi connectivity index (χ0v) is 14.7. The zero-order chi connectivity index (χ0) is 17.2. The van der Waals surface area contributed by atoms with Crippen LogP contribution in [0.5, 0.6) is 0 Å². The fourth-order valence-electron chi connectivity index (χ4n) is 0.936. The molecule has 0 spiro atoms. The third kappa shape index (κ3) is 21.7. The fourth-order valence-corrected chi connectivity index (χ4v) is 0.936. The number of ether oxygens (including phenoxy) is 3. The van der Waals surface area contributed by atoms with Gasteiger partial charge in [0.15, 0.2) is 4.30 Å². The number of nitro benzene ring substituents is 1. The monoisotopic (exact) mass is 375 g/mol. The summed E-state index contributed by atoms with van der Waals surface area (Å²) in [7, 11) is 3.30. The van der Waals surface area contributed by atoms with Gasteiger partial charge in [-0.2, -0.15) is 0 Å². The SMILES string of the molecule is COCCOCCOC.ClC(Cl)Cl.O=[N+]([O-])c1ccccc1. The highest BCUT2D eigenvalue weighted by Crippen LogP contribution is 2.06. The average Bonchev–Trinajstić information content (AvgIpc) is 2.48. The molecule has 1 aromatic rings. The van der Waals surface area contributed by atoms with Crippen LogP contribution in [0.2, 0.25) is 0 Å². The van der Waals surface area contributed by atoms with Crippen molar-refractivity contribution in [1.82, 2.24) is 0 Å². The summed E-state index contributed by atoms with van der Waals surface area (Å²) in [6.45, 7) is 2.62. The van der Waals surface area contributed by atoms with Crippen molar-refractivity contribution >= 4 is 40.5 Å². The van der Waals surface area contributed by atoms with Crippen LogP contribution >= 0.6 is 34.8 Å². The average molecular weight is 377 g/mol. The third-order valence-electron chi connectivity index (χ3n) is 1.83. The van der Waals surface area contributed by atoms with Gasteiger partial charge >= 0.3 is 0 Å². The number of hydrogen-bond acceptors (Lipinski definition) is 5. The highest BCUT2D eigenvalue weighted by Gasteiger charge is 1.98. The number of rotatable bonds is 7. The van der Waals surface area contributed by atoms with Crippen molar-refractivity contribution in [1.29, 1.82) is 0 Å². The van der Waals surface area contributed by atoms with E-state index in [0.717, 1.165) is 0 Å². The fraction of sp³-hybridized carbons (Fsp3) is 0.538. The molecule has 0 saturated carbocycles. The van der Waals surface area contributed by atoms with Crippen molar-refractivity contribution in [3.05, 3.63) is 40.4 Å². The summed E-state index contributed by atoms with van der Waals surface area (Å²) in [6.07, 6.45) is 0. The van der Waals surface area contributed by atoms with Gasteiger partial charge in [0.2, 0.25) is 0 Å². The smallest absolute Gasteiger partial charge is 0.269 e. The van der Waals surface area contributed by atoms with E-state index in [2.05, 4.69) is 0 Å². The number of benzene rings is 1. The molecule has 6 nitrogen and oxygen atoms in total. The molecule has 22 heavy (non-hydrogen) atoms. The maximum Gasteiger partial charge on any atom is 0.269 e. The summed E-state index contributed by atoms with van der Waals surface area (Å²) < 4.78 is 13.8. The van der Waals surface area contributed by atoms with E-state index >= 15 is 0 Å².